The van der Waals surface area contributed by atoms with Crippen LogP contribution >= 0.6 is 0 Å². The number of nitrogens with one attached hydrogen (secondary N) is 1. The van der Waals surface area contributed by atoms with Crippen LogP contribution in [-0.2, 0) is 0 Å². The lowest BCUT2D eigenvalue weighted by Crippen LogP contribution is -2.14. The molecule has 0 unspecified atom stereocenters. The fourth-order valence-corrected chi connectivity index (χ4v) is 1.55. The second-order valence-electron chi connectivity index (χ2n) is 4.24. The van der Waals surface area contributed by atoms with Crippen LogP contribution in [0.3, 0.4) is 0 Å². The first-order chi connectivity index (χ1) is 9.25. The molecule has 0 spiro atoms. The smallest absolute Gasteiger partial charge is 0.133 e. The van der Waals surface area contributed by atoms with Gasteiger partial charge < -0.3 is 15.0 Å². The number of anilines is 2. The average molecular weight is 258 g/mol. The van der Waals surface area contributed by atoms with Crippen LogP contribution in [0.15, 0.2) is 42.7 Å². The van der Waals surface area contributed by atoms with Crippen LogP contribution in [-0.4, -0.2) is 37.2 Å². The number of hydrogen-bond donors (Lipinski definition) is 1. The molecule has 0 atom stereocenters. The average Bonchev–Trinajstić information content (AvgIpc) is 2.45. The third-order valence-electron chi connectivity index (χ3n) is 2.53. The third kappa shape index (κ3) is 4.13. The van der Waals surface area contributed by atoms with Gasteiger partial charge in [0.2, 0.25) is 0 Å². The maximum atomic E-state index is 5.59. The van der Waals surface area contributed by atoms with Crippen LogP contribution < -0.4 is 15.0 Å². The van der Waals surface area contributed by atoms with Gasteiger partial charge in [-0.05, 0) is 12.1 Å². The Morgan fingerprint density at radius 1 is 1.16 bits per heavy atom. The maximum Gasteiger partial charge on any atom is 0.133 e. The summed E-state index contributed by atoms with van der Waals surface area (Å²) in [6, 6.07) is 11.7. The van der Waals surface area contributed by atoms with E-state index in [9.17, 15) is 0 Å². The van der Waals surface area contributed by atoms with Gasteiger partial charge in [0.05, 0.1) is 6.54 Å². The molecule has 0 saturated carbocycles. The van der Waals surface area contributed by atoms with E-state index < -0.39 is 0 Å². The third-order valence-corrected chi connectivity index (χ3v) is 2.53. The summed E-state index contributed by atoms with van der Waals surface area (Å²) in [5.41, 5.74) is 0. The van der Waals surface area contributed by atoms with Crippen molar-refractivity contribution in [3.8, 4) is 5.75 Å². The Bertz CT molecular complexity index is 502. The first kappa shape index (κ1) is 13.1. The first-order valence-corrected chi connectivity index (χ1v) is 6.17. The zero-order valence-electron chi connectivity index (χ0n) is 11.2. The van der Waals surface area contributed by atoms with Crippen LogP contribution in [0.5, 0.6) is 5.75 Å². The molecule has 2 aromatic rings. The summed E-state index contributed by atoms with van der Waals surface area (Å²) in [6.45, 7) is 1.28. The summed E-state index contributed by atoms with van der Waals surface area (Å²) in [4.78, 5) is 10.3. The van der Waals surface area contributed by atoms with E-state index >= 15 is 0 Å². The van der Waals surface area contributed by atoms with Crippen molar-refractivity contribution in [2.45, 2.75) is 0 Å². The number of rotatable bonds is 6. The van der Waals surface area contributed by atoms with Gasteiger partial charge in [-0.1, -0.05) is 18.2 Å². The van der Waals surface area contributed by atoms with Crippen molar-refractivity contribution in [3.63, 3.8) is 0 Å². The normalized spacial score (nSPS) is 10.0. The molecule has 0 saturated heterocycles. The number of para-hydroxylation sites is 1. The summed E-state index contributed by atoms with van der Waals surface area (Å²) >= 11 is 0. The SMILES string of the molecule is CN(C)c1cc(NCCOc2ccccc2)ncn1. The van der Waals surface area contributed by atoms with Crippen LogP contribution in [0, 0.1) is 0 Å². The largest absolute Gasteiger partial charge is 0.492 e. The van der Waals surface area contributed by atoms with E-state index in [1.54, 1.807) is 6.33 Å². The highest BCUT2D eigenvalue weighted by atomic mass is 16.5. The Morgan fingerprint density at radius 3 is 2.68 bits per heavy atom. The highest BCUT2D eigenvalue weighted by molar-refractivity contribution is 5.47. The lowest BCUT2D eigenvalue weighted by Gasteiger charge is -2.12. The molecule has 0 amide bonds. The predicted octanol–water partition coefficient (Wildman–Crippen LogP) is 2.03. The molecule has 0 aliphatic heterocycles. The zero-order valence-corrected chi connectivity index (χ0v) is 11.2. The van der Waals surface area contributed by atoms with Crippen molar-refractivity contribution < 1.29 is 4.74 Å². The van der Waals surface area contributed by atoms with Gasteiger partial charge in [-0.15, -0.1) is 0 Å². The summed E-state index contributed by atoms with van der Waals surface area (Å²) < 4.78 is 5.59. The molecule has 5 heteroatoms. The molecule has 19 heavy (non-hydrogen) atoms. The molecular weight excluding hydrogens is 240 g/mol. The van der Waals surface area contributed by atoms with Gasteiger partial charge in [0, 0.05) is 20.2 Å². The minimum Gasteiger partial charge on any atom is -0.492 e. The molecule has 1 aromatic carbocycles. The summed E-state index contributed by atoms with van der Waals surface area (Å²) in [5.74, 6) is 2.55. The highest BCUT2D eigenvalue weighted by Gasteiger charge is 1.99. The van der Waals surface area contributed by atoms with Gasteiger partial charge in [0.25, 0.3) is 0 Å². The lowest BCUT2D eigenvalue weighted by atomic mass is 10.3. The van der Waals surface area contributed by atoms with Crippen molar-refractivity contribution in [3.05, 3.63) is 42.7 Å². The van der Waals surface area contributed by atoms with Gasteiger partial charge in [-0.2, -0.15) is 0 Å². The molecule has 0 bridgehead atoms. The number of ether oxygens (including phenoxy) is 1. The van der Waals surface area contributed by atoms with Crippen LogP contribution in [0.1, 0.15) is 0 Å². The Morgan fingerprint density at radius 2 is 1.95 bits per heavy atom. The first-order valence-electron chi connectivity index (χ1n) is 6.17. The van der Waals surface area contributed by atoms with Crippen LogP contribution in [0.4, 0.5) is 11.6 Å². The van der Waals surface area contributed by atoms with Gasteiger partial charge in [0.15, 0.2) is 0 Å². The van der Waals surface area contributed by atoms with Crippen LogP contribution in [0.2, 0.25) is 0 Å². The summed E-state index contributed by atoms with van der Waals surface area (Å²) in [5, 5.41) is 3.21. The summed E-state index contributed by atoms with van der Waals surface area (Å²) in [7, 11) is 3.90. The molecule has 0 fully saturated rings. The van der Waals surface area contributed by atoms with Gasteiger partial charge >= 0.3 is 0 Å². The molecule has 0 aliphatic rings. The number of hydrogen-bond acceptors (Lipinski definition) is 5. The Balaban J connectivity index is 1.78. The van der Waals surface area contributed by atoms with Crippen molar-refractivity contribution >= 4 is 11.6 Å². The van der Waals surface area contributed by atoms with E-state index in [4.69, 9.17) is 4.74 Å². The van der Waals surface area contributed by atoms with Gasteiger partial charge in [0.1, 0.15) is 30.3 Å². The minimum atomic E-state index is 0.589. The Kier molecular flexibility index (Phi) is 4.55. The number of aromatic nitrogens is 2. The van der Waals surface area contributed by atoms with E-state index in [2.05, 4.69) is 15.3 Å². The second kappa shape index (κ2) is 6.58. The van der Waals surface area contributed by atoms with Crippen molar-refractivity contribution in [1.29, 1.82) is 0 Å². The summed E-state index contributed by atoms with van der Waals surface area (Å²) in [6.07, 6.45) is 1.55. The predicted molar refractivity (Wildman–Crippen MR) is 76.8 cm³/mol. The zero-order chi connectivity index (χ0) is 13.5. The minimum absolute atomic E-state index is 0.589. The fourth-order valence-electron chi connectivity index (χ4n) is 1.55. The Hall–Kier alpha value is -2.30. The molecule has 1 aromatic heterocycles. The molecule has 1 heterocycles. The number of benzene rings is 1. The molecule has 2 rings (SSSR count). The van der Waals surface area contributed by atoms with Gasteiger partial charge in [-0.25, -0.2) is 9.97 Å². The molecule has 100 valence electrons. The molecule has 0 radical (unpaired) electrons. The second-order valence-corrected chi connectivity index (χ2v) is 4.24. The van der Waals surface area contributed by atoms with Crippen molar-refractivity contribution in [1.82, 2.24) is 9.97 Å². The molecule has 5 nitrogen and oxygen atoms in total. The lowest BCUT2D eigenvalue weighted by molar-refractivity contribution is 0.333. The van der Waals surface area contributed by atoms with Gasteiger partial charge in [-0.3, -0.25) is 0 Å². The van der Waals surface area contributed by atoms with E-state index in [0.717, 1.165) is 17.4 Å². The van der Waals surface area contributed by atoms with E-state index in [1.165, 1.54) is 0 Å². The van der Waals surface area contributed by atoms with E-state index in [0.29, 0.717) is 13.2 Å². The van der Waals surface area contributed by atoms with Crippen molar-refractivity contribution in [2.75, 3.05) is 37.5 Å². The maximum absolute atomic E-state index is 5.59. The van der Waals surface area contributed by atoms with Crippen molar-refractivity contribution in [2.24, 2.45) is 0 Å². The Labute approximate surface area is 113 Å². The molecule has 1 N–H and O–H groups in total. The fraction of sp³-hybridized carbons (Fsp3) is 0.286. The van der Waals surface area contributed by atoms with E-state index in [-0.39, 0.29) is 0 Å². The molecule has 0 aliphatic carbocycles. The topological polar surface area (TPSA) is 50.3 Å². The monoisotopic (exact) mass is 258 g/mol. The van der Waals surface area contributed by atoms with E-state index in [1.807, 2.05) is 55.4 Å². The van der Waals surface area contributed by atoms with Crippen LogP contribution in [0.25, 0.3) is 0 Å². The number of nitrogens with zero attached hydrogens (tertiary/aromatic N) is 3. The quantitative estimate of drug-likeness (QED) is 0.803. The highest BCUT2D eigenvalue weighted by Crippen LogP contribution is 2.11. The molecular formula is C14H18N4O. The standard InChI is InChI=1S/C14H18N4O/c1-18(2)14-10-13(16-11-17-14)15-8-9-19-12-6-4-3-5-7-12/h3-7,10-11H,8-9H2,1-2H3,(H,15,16,17).